The van der Waals surface area contributed by atoms with Gasteiger partial charge in [0, 0.05) is 30.2 Å². The molecule has 0 saturated heterocycles. The lowest BCUT2D eigenvalue weighted by molar-refractivity contribution is 0.272. The van der Waals surface area contributed by atoms with E-state index in [2.05, 4.69) is 5.32 Å². The first kappa shape index (κ1) is 12.6. The van der Waals surface area contributed by atoms with Crippen molar-refractivity contribution in [2.24, 2.45) is 7.05 Å². The van der Waals surface area contributed by atoms with Gasteiger partial charge in [0.05, 0.1) is 12.1 Å². The van der Waals surface area contributed by atoms with Crippen molar-refractivity contribution in [2.45, 2.75) is 19.4 Å². The predicted molar refractivity (Wildman–Crippen MR) is 74.0 cm³/mol. The number of aliphatic hydroxyl groups excluding tert-OH is 1. The summed E-state index contributed by atoms with van der Waals surface area (Å²) in [5.41, 5.74) is 1.62. The first-order valence-electron chi connectivity index (χ1n) is 6.13. The van der Waals surface area contributed by atoms with E-state index in [4.69, 9.17) is 0 Å². The molecule has 0 aliphatic carbocycles. The molecule has 2 rings (SSSR count). The van der Waals surface area contributed by atoms with Crippen LogP contribution >= 0.6 is 0 Å². The Morgan fingerprint density at radius 2 is 2.11 bits per heavy atom. The van der Waals surface area contributed by atoms with Crippen LogP contribution in [0.4, 0.5) is 5.69 Å². The van der Waals surface area contributed by atoms with E-state index in [1.165, 1.54) is 0 Å². The van der Waals surface area contributed by atoms with Gasteiger partial charge in [-0.05, 0) is 12.5 Å². The minimum absolute atomic E-state index is 0.0273. The highest BCUT2D eigenvalue weighted by Crippen LogP contribution is 2.21. The van der Waals surface area contributed by atoms with Crippen LogP contribution in [0.2, 0.25) is 0 Å². The van der Waals surface area contributed by atoms with E-state index in [-0.39, 0.29) is 18.2 Å². The van der Waals surface area contributed by atoms with Crippen molar-refractivity contribution >= 4 is 16.6 Å². The molecule has 0 fully saturated rings. The molecular weight excluding hydrogens is 228 g/mol. The van der Waals surface area contributed by atoms with E-state index in [1.807, 2.05) is 31.2 Å². The van der Waals surface area contributed by atoms with Crippen LogP contribution in [0.1, 0.15) is 13.3 Å². The molecule has 0 aliphatic rings. The molecule has 1 aromatic carbocycles. The Kier molecular flexibility index (Phi) is 3.67. The van der Waals surface area contributed by atoms with Crippen LogP contribution in [0.3, 0.4) is 0 Å². The Labute approximate surface area is 106 Å². The molecular formula is C14H18N2O2. The summed E-state index contributed by atoms with van der Waals surface area (Å²) >= 11 is 0. The summed E-state index contributed by atoms with van der Waals surface area (Å²) < 4.78 is 1.63. The molecule has 4 nitrogen and oxygen atoms in total. The normalized spacial score (nSPS) is 12.6. The van der Waals surface area contributed by atoms with E-state index >= 15 is 0 Å². The number of aryl methyl sites for hydroxylation is 1. The minimum Gasteiger partial charge on any atom is -0.394 e. The number of para-hydroxylation sites is 1. The zero-order valence-electron chi connectivity index (χ0n) is 10.7. The maximum absolute atomic E-state index is 11.9. The average molecular weight is 246 g/mol. The van der Waals surface area contributed by atoms with Crippen molar-refractivity contribution in [2.75, 3.05) is 11.9 Å². The van der Waals surface area contributed by atoms with Crippen LogP contribution in [-0.4, -0.2) is 22.3 Å². The number of nitrogens with one attached hydrogen (secondary N) is 1. The zero-order valence-corrected chi connectivity index (χ0v) is 10.7. The Bertz CT molecular complexity index is 600. The lowest BCUT2D eigenvalue weighted by Crippen LogP contribution is -2.25. The minimum atomic E-state index is -0.0519. The summed E-state index contributed by atoms with van der Waals surface area (Å²) in [6, 6.07) is 9.30. The van der Waals surface area contributed by atoms with Crippen LogP contribution in [-0.2, 0) is 7.05 Å². The second kappa shape index (κ2) is 5.23. The third kappa shape index (κ3) is 2.24. The van der Waals surface area contributed by atoms with Gasteiger partial charge in [-0.2, -0.15) is 0 Å². The molecule has 18 heavy (non-hydrogen) atoms. The number of hydrogen-bond acceptors (Lipinski definition) is 3. The Morgan fingerprint density at radius 3 is 2.78 bits per heavy atom. The summed E-state index contributed by atoms with van der Waals surface area (Å²) in [6.07, 6.45) is 0.806. The van der Waals surface area contributed by atoms with Gasteiger partial charge in [0.1, 0.15) is 0 Å². The van der Waals surface area contributed by atoms with Crippen LogP contribution < -0.4 is 10.9 Å². The monoisotopic (exact) mass is 246 g/mol. The third-order valence-electron chi connectivity index (χ3n) is 3.23. The first-order valence-corrected chi connectivity index (χ1v) is 6.13. The molecule has 0 bridgehead atoms. The molecule has 4 heteroatoms. The van der Waals surface area contributed by atoms with Crippen molar-refractivity contribution in [3.05, 3.63) is 40.7 Å². The van der Waals surface area contributed by atoms with Gasteiger partial charge in [-0.1, -0.05) is 25.1 Å². The van der Waals surface area contributed by atoms with Gasteiger partial charge in [-0.3, -0.25) is 4.79 Å². The van der Waals surface area contributed by atoms with Gasteiger partial charge in [-0.15, -0.1) is 0 Å². The van der Waals surface area contributed by atoms with Gasteiger partial charge in [0.15, 0.2) is 0 Å². The molecule has 1 aromatic heterocycles. The van der Waals surface area contributed by atoms with E-state index in [1.54, 1.807) is 17.7 Å². The van der Waals surface area contributed by atoms with Crippen molar-refractivity contribution in [3.8, 4) is 0 Å². The highest BCUT2D eigenvalue weighted by Gasteiger charge is 2.09. The predicted octanol–water partition coefficient (Wildman–Crippen LogP) is 1.72. The van der Waals surface area contributed by atoms with Crippen LogP contribution in [0.15, 0.2) is 35.1 Å². The van der Waals surface area contributed by atoms with Crippen LogP contribution in [0.25, 0.3) is 10.9 Å². The number of fused-ring (bicyclic) bond motifs is 1. The number of benzene rings is 1. The Morgan fingerprint density at radius 1 is 1.39 bits per heavy atom. The number of aliphatic hydroxyl groups is 1. The smallest absolute Gasteiger partial charge is 0.252 e. The maximum Gasteiger partial charge on any atom is 0.252 e. The topological polar surface area (TPSA) is 54.3 Å². The average Bonchev–Trinajstić information content (AvgIpc) is 2.41. The summed E-state index contributed by atoms with van der Waals surface area (Å²) in [5.74, 6) is 0. The zero-order chi connectivity index (χ0) is 13.1. The van der Waals surface area contributed by atoms with Crippen LogP contribution in [0, 0.1) is 0 Å². The summed E-state index contributed by atoms with van der Waals surface area (Å²) in [7, 11) is 1.76. The molecule has 96 valence electrons. The molecule has 1 unspecified atom stereocenters. The Balaban J connectivity index is 2.57. The maximum atomic E-state index is 11.9. The van der Waals surface area contributed by atoms with Crippen molar-refractivity contribution in [3.63, 3.8) is 0 Å². The molecule has 1 heterocycles. The summed E-state index contributed by atoms with van der Waals surface area (Å²) in [4.78, 5) is 11.9. The number of anilines is 1. The number of nitrogens with zero attached hydrogens (tertiary/aromatic N) is 1. The quantitative estimate of drug-likeness (QED) is 0.863. The fourth-order valence-corrected chi connectivity index (χ4v) is 2.03. The van der Waals surface area contributed by atoms with Gasteiger partial charge >= 0.3 is 0 Å². The molecule has 0 saturated carbocycles. The molecule has 0 amide bonds. The number of rotatable bonds is 4. The fraction of sp³-hybridized carbons (Fsp3) is 0.357. The highest BCUT2D eigenvalue weighted by molar-refractivity contribution is 5.91. The molecule has 0 radical (unpaired) electrons. The molecule has 0 spiro atoms. The second-order valence-corrected chi connectivity index (χ2v) is 4.40. The largest absolute Gasteiger partial charge is 0.394 e. The van der Waals surface area contributed by atoms with Gasteiger partial charge in [0.25, 0.3) is 5.56 Å². The number of hydrogen-bond donors (Lipinski definition) is 2. The fourth-order valence-electron chi connectivity index (χ4n) is 2.03. The molecule has 2 N–H and O–H groups in total. The molecule has 0 aliphatic heterocycles. The molecule has 2 aromatic rings. The van der Waals surface area contributed by atoms with E-state index < -0.39 is 0 Å². The van der Waals surface area contributed by atoms with Gasteiger partial charge in [-0.25, -0.2) is 0 Å². The third-order valence-corrected chi connectivity index (χ3v) is 3.23. The second-order valence-electron chi connectivity index (χ2n) is 4.40. The first-order chi connectivity index (χ1) is 8.67. The van der Waals surface area contributed by atoms with E-state index in [9.17, 15) is 9.90 Å². The lowest BCUT2D eigenvalue weighted by atomic mass is 10.1. The van der Waals surface area contributed by atoms with Crippen molar-refractivity contribution in [1.82, 2.24) is 4.57 Å². The van der Waals surface area contributed by atoms with Crippen molar-refractivity contribution in [1.29, 1.82) is 0 Å². The highest BCUT2D eigenvalue weighted by atomic mass is 16.3. The lowest BCUT2D eigenvalue weighted by Gasteiger charge is -2.18. The van der Waals surface area contributed by atoms with Crippen molar-refractivity contribution < 1.29 is 5.11 Å². The SMILES string of the molecule is CCC(CO)Nc1cc(=O)n(C)c2ccccc12. The summed E-state index contributed by atoms with van der Waals surface area (Å²) in [6.45, 7) is 2.05. The van der Waals surface area contributed by atoms with E-state index in [0.29, 0.717) is 0 Å². The number of pyridine rings is 1. The van der Waals surface area contributed by atoms with Crippen LogP contribution in [0.5, 0.6) is 0 Å². The standard InChI is InChI=1S/C14H18N2O2/c1-3-10(9-17)15-12-8-14(18)16(2)13-7-5-4-6-11(12)13/h4-8,10,15,17H,3,9H2,1-2H3. The Hall–Kier alpha value is -1.81. The number of aromatic nitrogens is 1. The summed E-state index contributed by atoms with van der Waals surface area (Å²) in [5, 5.41) is 13.5. The molecule has 1 atom stereocenters. The van der Waals surface area contributed by atoms with Gasteiger partial charge in [0.2, 0.25) is 0 Å². The van der Waals surface area contributed by atoms with E-state index in [0.717, 1.165) is 23.0 Å². The van der Waals surface area contributed by atoms with Gasteiger partial charge < -0.3 is 15.0 Å².